The molecule has 0 atom stereocenters. The van der Waals surface area contributed by atoms with Crippen molar-refractivity contribution in [2.45, 2.75) is 19.4 Å². The molecule has 6 heteroatoms. The molecule has 3 amide bonds. The highest BCUT2D eigenvalue weighted by molar-refractivity contribution is 6.01. The molecule has 6 nitrogen and oxygen atoms in total. The quantitative estimate of drug-likeness (QED) is 0.822. The first-order chi connectivity index (χ1) is 9.16. The van der Waals surface area contributed by atoms with Crippen LogP contribution < -0.4 is 5.32 Å². The van der Waals surface area contributed by atoms with Crippen molar-refractivity contribution < 1.29 is 19.1 Å². The SMILES string of the molecule is O=C(NCc1ccccc1)OCN1C(=O)CCC1=O. The second-order valence-electron chi connectivity index (χ2n) is 4.12. The Balaban J connectivity index is 1.73. The molecule has 0 saturated carbocycles. The van der Waals surface area contributed by atoms with Crippen molar-refractivity contribution in [3.8, 4) is 0 Å². The molecule has 1 saturated heterocycles. The van der Waals surface area contributed by atoms with E-state index in [4.69, 9.17) is 4.74 Å². The summed E-state index contributed by atoms with van der Waals surface area (Å²) in [5.74, 6) is -0.610. The summed E-state index contributed by atoms with van der Waals surface area (Å²) in [6.07, 6.45) is -0.280. The Morgan fingerprint density at radius 1 is 1.16 bits per heavy atom. The third-order valence-electron chi connectivity index (χ3n) is 2.76. The first kappa shape index (κ1) is 13.1. The Morgan fingerprint density at radius 2 is 1.79 bits per heavy atom. The highest BCUT2D eigenvalue weighted by Crippen LogP contribution is 2.11. The van der Waals surface area contributed by atoms with Gasteiger partial charge < -0.3 is 10.1 Å². The molecule has 0 bridgehead atoms. The maximum Gasteiger partial charge on any atom is 0.409 e. The zero-order valence-corrected chi connectivity index (χ0v) is 10.3. The van der Waals surface area contributed by atoms with Crippen molar-refractivity contribution in [2.75, 3.05) is 6.73 Å². The molecule has 1 aliphatic rings. The average Bonchev–Trinajstić information content (AvgIpc) is 2.75. The van der Waals surface area contributed by atoms with Crippen LogP contribution in [0.2, 0.25) is 0 Å². The molecule has 1 N–H and O–H groups in total. The number of likely N-dealkylation sites (tertiary alicyclic amines) is 1. The van der Waals surface area contributed by atoms with Crippen molar-refractivity contribution in [2.24, 2.45) is 0 Å². The van der Waals surface area contributed by atoms with E-state index in [1.54, 1.807) is 0 Å². The minimum atomic E-state index is -0.656. The van der Waals surface area contributed by atoms with E-state index in [1.807, 2.05) is 30.3 Å². The first-order valence-electron chi connectivity index (χ1n) is 5.94. The van der Waals surface area contributed by atoms with Crippen LogP contribution in [-0.2, 0) is 20.9 Å². The number of nitrogens with zero attached hydrogens (tertiary/aromatic N) is 1. The van der Waals surface area contributed by atoms with Gasteiger partial charge in [-0.05, 0) is 5.56 Å². The van der Waals surface area contributed by atoms with Crippen molar-refractivity contribution in [3.05, 3.63) is 35.9 Å². The number of rotatable bonds is 4. The van der Waals surface area contributed by atoms with Gasteiger partial charge in [-0.2, -0.15) is 0 Å². The number of hydrogen-bond acceptors (Lipinski definition) is 4. The Morgan fingerprint density at radius 3 is 2.42 bits per heavy atom. The summed E-state index contributed by atoms with van der Waals surface area (Å²) in [5, 5.41) is 2.54. The van der Waals surface area contributed by atoms with E-state index >= 15 is 0 Å². The van der Waals surface area contributed by atoms with Gasteiger partial charge in [0.2, 0.25) is 11.8 Å². The van der Waals surface area contributed by atoms with Gasteiger partial charge >= 0.3 is 6.09 Å². The zero-order chi connectivity index (χ0) is 13.7. The summed E-state index contributed by atoms with van der Waals surface area (Å²) >= 11 is 0. The first-order valence-corrected chi connectivity index (χ1v) is 5.94. The minimum Gasteiger partial charge on any atom is -0.428 e. The molecule has 0 spiro atoms. The fourth-order valence-electron chi connectivity index (χ4n) is 1.71. The molecule has 0 aliphatic carbocycles. The van der Waals surface area contributed by atoms with E-state index in [9.17, 15) is 14.4 Å². The largest absolute Gasteiger partial charge is 0.428 e. The van der Waals surface area contributed by atoms with Gasteiger partial charge in [0.1, 0.15) is 0 Å². The summed E-state index contributed by atoms with van der Waals surface area (Å²) in [6, 6.07) is 9.35. The van der Waals surface area contributed by atoms with E-state index in [0.29, 0.717) is 6.54 Å². The third-order valence-corrected chi connectivity index (χ3v) is 2.76. The van der Waals surface area contributed by atoms with E-state index in [-0.39, 0.29) is 31.4 Å². The van der Waals surface area contributed by atoms with Crippen LogP contribution in [0.25, 0.3) is 0 Å². The van der Waals surface area contributed by atoms with Gasteiger partial charge in [-0.1, -0.05) is 30.3 Å². The van der Waals surface area contributed by atoms with Crippen LogP contribution in [-0.4, -0.2) is 29.5 Å². The normalized spacial score (nSPS) is 14.6. The summed E-state index contributed by atoms with van der Waals surface area (Å²) in [5.41, 5.74) is 0.938. The Hall–Kier alpha value is -2.37. The number of nitrogens with one attached hydrogen (secondary N) is 1. The van der Waals surface area contributed by atoms with Crippen molar-refractivity contribution in [3.63, 3.8) is 0 Å². The zero-order valence-electron chi connectivity index (χ0n) is 10.3. The van der Waals surface area contributed by atoms with Crippen LogP contribution in [0, 0.1) is 0 Å². The lowest BCUT2D eigenvalue weighted by Gasteiger charge is -2.14. The lowest BCUT2D eigenvalue weighted by molar-refractivity contribution is -0.142. The van der Waals surface area contributed by atoms with Crippen molar-refractivity contribution in [1.29, 1.82) is 0 Å². The van der Waals surface area contributed by atoms with Crippen molar-refractivity contribution >= 4 is 17.9 Å². The van der Waals surface area contributed by atoms with Gasteiger partial charge in [-0.15, -0.1) is 0 Å². The number of imide groups is 1. The lowest BCUT2D eigenvalue weighted by atomic mass is 10.2. The molecular weight excluding hydrogens is 248 g/mol. The molecule has 1 aromatic carbocycles. The van der Waals surface area contributed by atoms with Crippen LogP contribution in [0.4, 0.5) is 4.79 Å². The van der Waals surface area contributed by atoms with Gasteiger partial charge in [0.25, 0.3) is 0 Å². The number of benzene rings is 1. The van der Waals surface area contributed by atoms with Crippen LogP contribution in [0.3, 0.4) is 0 Å². The second kappa shape index (κ2) is 5.99. The van der Waals surface area contributed by atoms with Gasteiger partial charge in [0.05, 0.1) is 0 Å². The van der Waals surface area contributed by atoms with Crippen LogP contribution in [0.1, 0.15) is 18.4 Å². The molecule has 19 heavy (non-hydrogen) atoms. The van der Waals surface area contributed by atoms with Gasteiger partial charge in [0, 0.05) is 19.4 Å². The predicted molar refractivity (Wildman–Crippen MR) is 65.7 cm³/mol. The molecule has 0 aromatic heterocycles. The fraction of sp³-hybridized carbons (Fsp3) is 0.308. The number of amides is 3. The van der Waals surface area contributed by atoms with E-state index in [1.165, 1.54) is 0 Å². The summed E-state index contributed by atoms with van der Waals surface area (Å²) in [4.78, 5) is 34.9. The monoisotopic (exact) mass is 262 g/mol. The van der Waals surface area contributed by atoms with Crippen LogP contribution in [0.5, 0.6) is 0 Å². The van der Waals surface area contributed by atoms with Gasteiger partial charge in [-0.25, -0.2) is 9.69 Å². The molecule has 1 aliphatic heterocycles. The summed E-state index contributed by atoms with van der Waals surface area (Å²) in [6.45, 7) is 0.0137. The number of carbonyl (C=O) groups is 3. The van der Waals surface area contributed by atoms with Gasteiger partial charge in [-0.3, -0.25) is 9.59 Å². The topological polar surface area (TPSA) is 75.7 Å². The van der Waals surface area contributed by atoms with E-state index in [2.05, 4.69) is 5.32 Å². The third kappa shape index (κ3) is 3.54. The van der Waals surface area contributed by atoms with Crippen LogP contribution >= 0.6 is 0 Å². The molecule has 0 unspecified atom stereocenters. The molecule has 1 heterocycles. The highest BCUT2D eigenvalue weighted by atomic mass is 16.6. The predicted octanol–water partition coefficient (Wildman–Crippen LogP) is 1.02. The molecular formula is C13H14N2O4. The number of ether oxygens (including phenoxy) is 1. The summed E-state index contributed by atoms with van der Waals surface area (Å²) < 4.78 is 4.82. The molecule has 0 radical (unpaired) electrons. The molecule has 100 valence electrons. The average molecular weight is 262 g/mol. The maximum atomic E-state index is 11.4. The summed E-state index contributed by atoms with van der Waals surface area (Å²) in [7, 11) is 0. The Kier molecular flexibility index (Phi) is 4.12. The number of carbonyl (C=O) groups excluding carboxylic acids is 3. The van der Waals surface area contributed by atoms with Crippen LogP contribution in [0.15, 0.2) is 30.3 Å². The molecule has 2 rings (SSSR count). The van der Waals surface area contributed by atoms with Gasteiger partial charge in [0.15, 0.2) is 6.73 Å². The fourth-order valence-corrected chi connectivity index (χ4v) is 1.71. The van der Waals surface area contributed by atoms with E-state index < -0.39 is 6.09 Å². The van der Waals surface area contributed by atoms with Crippen molar-refractivity contribution in [1.82, 2.24) is 10.2 Å². The Labute approximate surface area is 110 Å². The highest BCUT2D eigenvalue weighted by Gasteiger charge is 2.29. The standard InChI is InChI=1S/C13H14N2O4/c16-11-6-7-12(17)15(11)9-19-13(18)14-8-10-4-2-1-3-5-10/h1-5H,6-9H2,(H,14,18). The maximum absolute atomic E-state index is 11.4. The number of hydrogen-bond donors (Lipinski definition) is 1. The molecule has 1 aromatic rings. The second-order valence-corrected chi connectivity index (χ2v) is 4.12. The Bertz CT molecular complexity index is 471. The minimum absolute atomic E-state index is 0.188. The van der Waals surface area contributed by atoms with E-state index in [0.717, 1.165) is 10.5 Å². The smallest absolute Gasteiger partial charge is 0.409 e. The number of alkyl carbamates (subject to hydrolysis) is 1. The molecule has 1 fully saturated rings. The lowest BCUT2D eigenvalue weighted by Crippen LogP contribution is -2.35.